The first-order valence-electron chi connectivity index (χ1n) is 9.01. The van der Waals surface area contributed by atoms with Gasteiger partial charge in [0.2, 0.25) is 0 Å². The van der Waals surface area contributed by atoms with Crippen LogP contribution in [-0.4, -0.2) is 12.4 Å². The highest BCUT2D eigenvalue weighted by Crippen LogP contribution is 2.45. The van der Waals surface area contributed by atoms with E-state index in [4.69, 9.17) is 4.74 Å². The molecule has 0 heterocycles. The van der Waals surface area contributed by atoms with Gasteiger partial charge in [0.1, 0.15) is 0 Å². The zero-order valence-electron chi connectivity index (χ0n) is 14.3. The third kappa shape index (κ3) is 3.92. The summed E-state index contributed by atoms with van der Waals surface area (Å²) in [6, 6.07) is 10.3. The van der Waals surface area contributed by atoms with Gasteiger partial charge in [-0.2, -0.15) is 0 Å². The van der Waals surface area contributed by atoms with Crippen molar-refractivity contribution in [3.8, 4) is 0 Å². The highest BCUT2D eigenvalue weighted by atomic mass is 16.5. The van der Waals surface area contributed by atoms with Crippen molar-refractivity contribution >= 4 is 5.78 Å². The van der Waals surface area contributed by atoms with Crippen LogP contribution in [0.3, 0.4) is 0 Å². The van der Waals surface area contributed by atoms with E-state index in [0.29, 0.717) is 30.1 Å². The van der Waals surface area contributed by atoms with Crippen LogP contribution in [0.25, 0.3) is 0 Å². The predicted molar refractivity (Wildman–Crippen MR) is 93.0 cm³/mol. The van der Waals surface area contributed by atoms with Gasteiger partial charge >= 0.3 is 0 Å². The minimum Gasteiger partial charge on any atom is -0.376 e. The number of hydrogen-bond donors (Lipinski definition) is 0. The molecule has 2 nitrogen and oxygen atoms in total. The number of carbonyl (C=O) groups excluding carboxylic acids is 1. The Bertz CT molecular complexity index is 560. The number of allylic oxidation sites excluding steroid dienone is 2. The maximum Gasteiger partial charge on any atom is 0.155 e. The maximum atomic E-state index is 11.9. The molecule has 124 valence electrons. The quantitative estimate of drug-likeness (QED) is 0.781. The van der Waals surface area contributed by atoms with Crippen molar-refractivity contribution in [3.63, 3.8) is 0 Å². The molecule has 0 bridgehead atoms. The molecule has 0 saturated heterocycles. The summed E-state index contributed by atoms with van der Waals surface area (Å²) in [5.74, 6) is 2.68. The average Bonchev–Trinajstić information content (AvgIpc) is 2.56. The first kappa shape index (κ1) is 16.4. The molecule has 0 aliphatic heterocycles. The van der Waals surface area contributed by atoms with Gasteiger partial charge in [-0.3, -0.25) is 4.79 Å². The molecule has 1 saturated carbocycles. The molecule has 23 heavy (non-hydrogen) atoms. The monoisotopic (exact) mass is 312 g/mol. The second kappa shape index (κ2) is 7.44. The minimum atomic E-state index is 0.327. The van der Waals surface area contributed by atoms with Gasteiger partial charge in [-0.1, -0.05) is 49.8 Å². The molecular weight excluding hydrogens is 284 g/mol. The topological polar surface area (TPSA) is 26.3 Å². The molecule has 0 spiro atoms. The molecule has 0 N–H and O–H groups in total. The van der Waals surface area contributed by atoms with Crippen molar-refractivity contribution in [2.45, 2.75) is 46.1 Å². The van der Waals surface area contributed by atoms with Crippen LogP contribution in [0.5, 0.6) is 0 Å². The lowest BCUT2D eigenvalue weighted by Gasteiger charge is -2.41. The lowest BCUT2D eigenvalue weighted by atomic mass is 9.64. The molecule has 1 fully saturated rings. The highest BCUT2D eigenvalue weighted by Gasteiger charge is 2.37. The van der Waals surface area contributed by atoms with Gasteiger partial charge < -0.3 is 4.74 Å². The second-order valence-electron chi connectivity index (χ2n) is 7.39. The lowest BCUT2D eigenvalue weighted by molar-refractivity contribution is -0.115. The Morgan fingerprint density at radius 2 is 1.96 bits per heavy atom. The normalized spacial score (nSPS) is 28.9. The summed E-state index contributed by atoms with van der Waals surface area (Å²) in [6.45, 7) is 6.08. The lowest BCUT2D eigenvalue weighted by Crippen LogP contribution is -2.34. The Hall–Kier alpha value is -1.41. The van der Waals surface area contributed by atoms with E-state index in [1.807, 2.05) is 24.3 Å². The standard InChI is InChI=1S/C21H28O2/c1-15-8-10-20(21-12-18(22)9-11-19(15)21)16(2)13-23-14-17-6-4-3-5-7-17/h3-7,12,15-16,19-20H,8-11,13-14H2,1-2H3/t15-,16?,19+,20-/m1/s1. The fourth-order valence-electron chi connectivity index (χ4n) is 4.30. The van der Waals surface area contributed by atoms with E-state index in [9.17, 15) is 4.79 Å². The van der Waals surface area contributed by atoms with Crippen molar-refractivity contribution in [1.82, 2.24) is 0 Å². The van der Waals surface area contributed by atoms with Crippen LogP contribution < -0.4 is 0 Å². The fourth-order valence-corrected chi connectivity index (χ4v) is 4.30. The van der Waals surface area contributed by atoms with Crippen LogP contribution in [0.1, 0.15) is 45.1 Å². The van der Waals surface area contributed by atoms with Gasteiger partial charge in [0.25, 0.3) is 0 Å². The fraction of sp³-hybridized carbons (Fsp3) is 0.571. The molecule has 0 amide bonds. The van der Waals surface area contributed by atoms with Crippen LogP contribution >= 0.6 is 0 Å². The van der Waals surface area contributed by atoms with Gasteiger partial charge in [0, 0.05) is 6.42 Å². The summed E-state index contributed by atoms with van der Waals surface area (Å²) in [4.78, 5) is 11.9. The summed E-state index contributed by atoms with van der Waals surface area (Å²) in [7, 11) is 0. The Labute approximate surface area is 139 Å². The first-order chi connectivity index (χ1) is 11.1. The SMILES string of the molecule is CC(COCc1ccccc1)[C@H]1CC[C@@H](C)[C@@H]2CCC(=O)C=C21. The third-order valence-electron chi connectivity index (χ3n) is 5.68. The summed E-state index contributed by atoms with van der Waals surface area (Å²) >= 11 is 0. The van der Waals surface area contributed by atoms with Crippen LogP contribution in [0, 0.1) is 23.7 Å². The van der Waals surface area contributed by atoms with E-state index >= 15 is 0 Å². The van der Waals surface area contributed by atoms with E-state index in [-0.39, 0.29) is 0 Å². The number of benzene rings is 1. The molecule has 1 aromatic carbocycles. The molecule has 2 aliphatic rings. The van der Waals surface area contributed by atoms with Crippen LogP contribution in [0.4, 0.5) is 0 Å². The molecule has 0 aromatic heterocycles. The number of ether oxygens (including phenoxy) is 1. The molecule has 2 heteroatoms. The summed E-state index contributed by atoms with van der Waals surface area (Å²) < 4.78 is 5.96. The third-order valence-corrected chi connectivity index (χ3v) is 5.68. The Kier molecular flexibility index (Phi) is 5.32. The molecule has 4 atom stereocenters. The van der Waals surface area contributed by atoms with Crippen molar-refractivity contribution in [1.29, 1.82) is 0 Å². The van der Waals surface area contributed by atoms with Crippen molar-refractivity contribution < 1.29 is 9.53 Å². The second-order valence-corrected chi connectivity index (χ2v) is 7.39. The summed E-state index contributed by atoms with van der Waals surface area (Å²) in [6.07, 6.45) is 6.25. The zero-order valence-corrected chi connectivity index (χ0v) is 14.3. The van der Waals surface area contributed by atoms with Gasteiger partial charge in [0.15, 0.2) is 5.78 Å². The van der Waals surface area contributed by atoms with E-state index in [0.717, 1.165) is 25.4 Å². The minimum absolute atomic E-state index is 0.327. The molecule has 1 unspecified atom stereocenters. The zero-order chi connectivity index (χ0) is 16.2. The molecule has 2 aliphatic carbocycles. The molecule has 0 radical (unpaired) electrons. The van der Waals surface area contributed by atoms with Gasteiger partial charge in [-0.25, -0.2) is 0 Å². The van der Waals surface area contributed by atoms with Crippen LogP contribution in [-0.2, 0) is 16.1 Å². The van der Waals surface area contributed by atoms with E-state index in [2.05, 4.69) is 26.0 Å². The van der Waals surface area contributed by atoms with Crippen molar-refractivity contribution in [3.05, 3.63) is 47.5 Å². The Morgan fingerprint density at radius 1 is 1.17 bits per heavy atom. The van der Waals surface area contributed by atoms with Crippen LogP contribution in [0.2, 0.25) is 0 Å². The summed E-state index contributed by atoms with van der Waals surface area (Å²) in [5.41, 5.74) is 2.65. The van der Waals surface area contributed by atoms with Gasteiger partial charge in [0.05, 0.1) is 13.2 Å². The van der Waals surface area contributed by atoms with Crippen molar-refractivity contribution in [2.75, 3.05) is 6.61 Å². The maximum absolute atomic E-state index is 11.9. The van der Waals surface area contributed by atoms with Crippen LogP contribution in [0.15, 0.2) is 42.0 Å². The molecule has 3 rings (SSSR count). The van der Waals surface area contributed by atoms with Crippen molar-refractivity contribution in [2.24, 2.45) is 23.7 Å². The van der Waals surface area contributed by atoms with Gasteiger partial charge in [-0.05, 0) is 54.6 Å². The Balaban J connectivity index is 1.60. The number of fused-ring (bicyclic) bond motifs is 1. The first-order valence-corrected chi connectivity index (χ1v) is 9.01. The summed E-state index contributed by atoms with van der Waals surface area (Å²) in [5, 5.41) is 0. The predicted octanol–water partition coefficient (Wildman–Crippen LogP) is 4.79. The van der Waals surface area contributed by atoms with E-state index < -0.39 is 0 Å². The smallest absolute Gasteiger partial charge is 0.155 e. The Morgan fingerprint density at radius 3 is 2.74 bits per heavy atom. The average molecular weight is 312 g/mol. The molecular formula is C21H28O2. The molecule has 1 aromatic rings. The number of carbonyl (C=O) groups is 1. The van der Waals surface area contributed by atoms with E-state index in [1.165, 1.54) is 24.0 Å². The number of ketones is 1. The number of hydrogen-bond acceptors (Lipinski definition) is 2. The largest absolute Gasteiger partial charge is 0.376 e. The number of rotatable bonds is 5. The van der Waals surface area contributed by atoms with E-state index in [1.54, 1.807) is 0 Å². The van der Waals surface area contributed by atoms with Gasteiger partial charge in [-0.15, -0.1) is 0 Å². The highest BCUT2D eigenvalue weighted by molar-refractivity contribution is 5.91.